The highest BCUT2D eigenvalue weighted by Gasteiger charge is 2.25. The first-order chi connectivity index (χ1) is 17.7. The van der Waals surface area contributed by atoms with Crippen molar-refractivity contribution in [2.24, 2.45) is 0 Å². The van der Waals surface area contributed by atoms with E-state index in [-0.39, 0.29) is 23.9 Å². The number of hydrogen-bond donors (Lipinski definition) is 1. The van der Waals surface area contributed by atoms with Crippen molar-refractivity contribution in [1.82, 2.24) is 34.6 Å². The van der Waals surface area contributed by atoms with E-state index in [9.17, 15) is 4.79 Å². The zero-order valence-electron chi connectivity index (χ0n) is 23.0. The summed E-state index contributed by atoms with van der Waals surface area (Å²) in [7, 11) is 5.48. The zero-order chi connectivity index (χ0) is 26.9. The lowest BCUT2D eigenvalue weighted by atomic mass is 9.93. The molecule has 0 radical (unpaired) electrons. The van der Waals surface area contributed by atoms with Crippen LogP contribution in [0.1, 0.15) is 57.7 Å². The third kappa shape index (κ3) is 4.96. The van der Waals surface area contributed by atoms with Gasteiger partial charge in [-0.2, -0.15) is 10.2 Å². The molecule has 0 fully saturated rings. The summed E-state index contributed by atoms with van der Waals surface area (Å²) in [6, 6.07) is 10.1. The standard InChI is InChI=1S/C28H37N7O2/c1-9-33(6)19(5)28(36)34(7)18(4)20-10-12-21(13-11-20)25-24(17(2)3)26(32-31-25)22-14-23(37-8)27-29-16-30-35(27)15-22/h10-19H,9H2,1-8H3,(H,31,32)/t18-,19+/m0/s1. The van der Waals surface area contributed by atoms with Gasteiger partial charge >= 0.3 is 0 Å². The summed E-state index contributed by atoms with van der Waals surface area (Å²) in [5.74, 6) is 0.984. The molecule has 3 aromatic heterocycles. The molecule has 4 aromatic rings. The third-order valence-corrected chi connectivity index (χ3v) is 7.34. The minimum Gasteiger partial charge on any atom is -0.493 e. The van der Waals surface area contributed by atoms with E-state index in [2.05, 4.69) is 67.1 Å². The summed E-state index contributed by atoms with van der Waals surface area (Å²) in [5, 5.41) is 12.3. The zero-order valence-corrected chi connectivity index (χ0v) is 23.0. The first-order valence-electron chi connectivity index (χ1n) is 12.7. The molecule has 2 atom stereocenters. The van der Waals surface area contributed by atoms with Crippen LogP contribution in [0, 0.1) is 0 Å². The number of nitrogens with zero attached hydrogens (tertiary/aromatic N) is 6. The lowest BCUT2D eigenvalue weighted by molar-refractivity contribution is -0.136. The molecule has 0 spiro atoms. The third-order valence-electron chi connectivity index (χ3n) is 7.34. The number of amides is 1. The Labute approximate surface area is 218 Å². The Bertz CT molecular complexity index is 1370. The summed E-state index contributed by atoms with van der Waals surface area (Å²) in [6.07, 6.45) is 3.45. The normalized spacial score (nSPS) is 13.4. The second kappa shape index (κ2) is 10.7. The number of H-pyrrole nitrogens is 1. The summed E-state index contributed by atoms with van der Waals surface area (Å²) < 4.78 is 7.27. The maximum absolute atomic E-state index is 13.0. The maximum Gasteiger partial charge on any atom is 0.239 e. The molecule has 0 aliphatic rings. The minimum atomic E-state index is -0.164. The Hall–Kier alpha value is -3.72. The molecule has 0 aliphatic heterocycles. The molecule has 1 N–H and O–H groups in total. The van der Waals surface area contributed by atoms with Gasteiger partial charge in [0.15, 0.2) is 11.4 Å². The van der Waals surface area contributed by atoms with E-state index < -0.39 is 0 Å². The van der Waals surface area contributed by atoms with Gasteiger partial charge in [0.05, 0.1) is 30.6 Å². The van der Waals surface area contributed by atoms with Crippen molar-refractivity contribution < 1.29 is 9.53 Å². The van der Waals surface area contributed by atoms with E-state index in [1.807, 2.05) is 43.1 Å². The molecule has 9 heteroatoms. The molecule has 0 aliphatic carbocycles. The van der Waals surface area contributed by atoms with Crippen LogP contribution >= 0.6 is 0 Å². The number of aromatic amines is 1. The van der Waals surface area contributed by atoms with Crippen molar-refractivity contribution in [2.45, 2.75) is 52.6 Å². The first kappa shape index (κ1) is 26.3. The average molecular weight is 504 g/mol. The predicted octanol–water partition coefficient (Wildman–Crippen LogP) is 4.78. The lowest BCUT2D eigenvalue weighted by Crippen LogP contribution is -2.44. The number of benzene rings is 1. The van der Waals surface area contributed by atoms with Crippen LogP contribution < -0.4 is 4.74 Å². The van der Waals surface area contributed by atoms with E-state index in [1.54, 1.807) is 11.6 Å². The van der Waals surface area contributed by atoms with Gasteiger partial charge < -0.3 is 9.64 Å². The van der Waals surface area contributed by atoms with E-state index in [0.29, 0.717) is 11.4 Å². The smallest absolute Gasteiger partial charge is 0.239 e. The van der Waals surface area contributed by atoms with Gasteiger partial charge in [0.25, 0.3) is 0 Å². The Kier molecular flexibility index (Phi) is 7.63. The summed E-state index contributed by atoms with van der Waals surface area (Å²) in [5.41, 5.74) is 6.64. The molecule has 196 valence electrons. The molecule has 3 heterocycles. The van der Waals surface area contributed by atoms with E-state index in [0.717, 1.165) is 40.2 Å². The van der Waals surface area contributed by atoms with Gasteiger partial charge in [0.1, 0.15) is 6.33 Å². The van der Waals surface area contributed by atoms with Gasteiger partial charge in [0.2, 0.25) is 5.91 Å². The number of likely N-dealkylation sites (N-methyl/N-ethyl adjacent to an activating group) is 2. The summed E-state index contributed by atoms with van der Waals surface area (Å²) >= 11 is 0. The van der Waals surface area contributed by atoms with Gasteiger partial charge in [-0.25, -0.2) is 9.50 Å². The highest BCUT2D eigenvalue weighted by Crippen LogP contribution is 2.37. The lowest BCUT2D eigenvalue weighted by Gasteiger charge is -2.31. The number of ether oxygens (including phenoxy) is 1. The Morgan fingerprint density at radius 1 is 1.11 bits per heavy atom. The number of pyridine rings is 1. The first-order valence-corrected chi connectivity index (χ1v) is 12.7. The minimum absolute atomic E-state index is 0.0459. The second-order valence-electron chi connectivity index (χ2n) is 9.84. The van der Waals surface area contributed by atoms with Crippen molar-refractivity contribution in [3.8, 4) is 28.3 Å². The quantitative estimate of drug-likeness (QED) is 0.354. The Balaban J connectivity index is 1.65. The number of fused-ring (bicyclic) bond motifs is 1. The van der Waals surface area contributed by atoms with Crippen LogP contribution in [0.3, 0.4) is 0 Å². The SMILES string of the molecule is CCN(C)[C@H](C)C(=O)N(C)[C@@H](C)c1ccc(-c2n[nH]c(-c3cc(OC)c4ncnn4c3)c2C(C)C)cc1. The van der Waals surface area contributed by atoms with E-state index >= 15 is 0 Å². The van der Waals surface area contributed by atoms with Crippen LogP contribution in [0.5, 0.6) is 5.75 Å². The fourth-order valence-corrected chi connectivity index (χ4v) is 4.63. The molecule has 37 heavy (non-hydrogen) atoms. The van der Waals surface area contributed by atoms with Gasteiger partial charge in [0, 0.05) is 29.9 Å². The number of rotatable bonds is 9. The van der Waals surface area contributed by atoms with Crippen molar-refractivity contribution in [1.29, 1.82) is 0 Å². The fraction of sp³-hybridized carbons (Fsp3) is 0.429. The number of nitrogens with one attached hydrogen (secondary N) is 1. The van der Waals surface area contributed by atoms with Gasteiger partial charge in [-0.15, -0.1) is 0 Å². The number of carbonyl (C=O) groups excluding carboxylic acids is 1. The summed E-state index contributed by atoms with van der Waals surface area (Å²) in [4.78, 5) is 21.1. The van der Waals surface area contributed by atoms with Crippen molar-refractivity contribution in [2.75, 3.05) is 27.7 Å². The molecule has 0 bridgehead atoms. The topological polar surface area (TPSA) is 91.7 Å². The highest BCUT2D eigenvalue weighted by molar-refractivity contribution is 5.82. The fourth-order valence-electron chi connectivity index (χ4n) is 4.63. The van der Waals surface area contributed by atoms with Gasteiger partial charge in [-0.1, -0.05) is 45.0 Å². The van der Waals surface area contributed by atoms with Gasteiger partial charge in [-0.3, -0.25) is 14.8 Å². The van der Waals surface area contributed by atoms with Crippen LogP contribution in [0.15, 0.2) is 42.9 Å². The van der Waals surface area contributed by atoms with Crippen LogP contribution in [0.25, 0.3) is 28.2 Å². The number of methoxy groups -OCH3 is 1. The molecule has 0 unspecified atom stereocenters. The van der Waals surface area contributed by atoms with Crippen LogP contribution in [0.2, 0.25) is 0 Å². The molecular weight excluding hydrogens is 466 g/mol. The Morgan fingerprint density at radius 2 is 1.81 bits per heavy atom. The predicted molar refractivity (Wildman–Crippen MR) is 146 cm³/mol. The largest absolute Gasteiger partial charge is 0.493 e. The molecule has 0 saturated heterocycles. The average Bonchev–Trinajstić information content (AvgIpc) is 3.58. The number of aromatic nitrogens is 5. The van der Waals surface area contributed by atoms with E-state index in [4.69, 9.17) is 9.84 Å². The summed E-state index contributed by atoms with van der Waals surface area (Å²) in [6.45, 7) is 11.2. The molecule has 1 aromatic carbocycles. The van der Waals surface area contributed by atoms with Crippen molar-refractivity contribution in [3.63, 3.8) is 0 Å². The Morgan fingerprint density at radius 3 is 2.43 bits per heavy atom. The molecular formula is C28H37N7O2. The molecule has 4 rings (SSSR count). The van der Waals surface area contributed by atoms with Crippen LogP contribution in [-0.4, -0.2) is 74.3 Å². The second-order valence-corrected chi connectivity index (χ2v) is 9.84. The van der Waals surface area contributed by atoms with Crippen LogP contribution in [0.4, 0.5) is 0 Å². The number of hydrogen-bond acceptors (Lipinski definition) is 6. The number of carbonyl (C=O) groups is 1. The molecule has 1 amide bonds. The van der Waals surface area contributed by atoms with Crippen molar-refractivity contribution >= 4 is 11.6 Å². The maximum atomic E-state index is 13.0. The van der Waals surface area contributed by atoms with Crippen LogP contribution in [-0.2, 0) is 4.79 Å². The highest BCUT2D eigenvalue weighted by atomic mass is 16.5. The molecule has 0 saturated carbocycles. The van der Waals surface area contributed by atoms with Crippen molar-refractivity contribution in [3.05, 3.63) is 54.0 Å². The monoisotopic (exact) mass is 503 g/mol. The molecule has 9 nitrogen and oxygen atoms in total. The van der Waals surface area contributed by atoms with E-state index in [1.165, 1.54) is 6.33 Å². The van der Waals surface area contributed by atoms with Gasteiger partial charge in [-0.05, 0) is 45.0 Å².